The summed E-state index contributed by atoms with van der Waals surface area (Å²) in [6, 6.07) is 3.74. The highest BCUT2D eigenvalue weighted by molar-refractivity contribution is 5.71. The van der Waals surface area contributed by atoms with Crippen LogP contribution in [0.5, 0.6) is 5.88 Å². The fourth-order valence-electron chi connectivity index (χ4n) is 1.42. The van der Waals surface area contributed by atoms with Gasteiger partial charge in [-0.15, -0.1) is 0 Å². The minimum atomic E-state index is 0.483. The van der Waals surface area contributed by atoms with Crippen molar-refractivity contribution < 1.29 is 9.47 Å². The topological polar surface area (TPSA) is 60.0 Å². The van der Waals surface area contributed by atoms with Gasteiger partial charge in [0.05, 0.1) is 12.1 Å². The number of pyridine rings is 1. The average molecular weight is 221 g/mol. The molecule has 0 aromatic carbocycles. The molecule has 0 saturated heterocycles. The standard InChI is InChI=1S/C11H15N3O2/c1-3-15-7-9-12-8-5-6-10(16-4-2)14-11(8)13-9/h5-6H,3-4,7H2,1-2H3,(H,12,13,14). The lowest BCUT2D eigenvalue weighted by Gasteiger charge is -1.99. The van der Waals surface area contributed by atoms with E-state index in [0.29, 0.717) is 31.3 Å². The molecule has 2 heterocycles. The van der Waals surface area contributed by atoms with Crippen LogP contribution < -0.4 is 4.74 Å². The first-order valence-corrected chi connectivity index (χ1v) is 5.39. The molecule has 0 aliphatic rings. The van der Waals surface area contributed by atoms with Gasteiger partial charge >= 0.3 is 0 Å². The lowest BCUT2D eigenvalue weighted by atomic mass is 10.4. The van der Waals surface area contributed by atoms with Crippen molar-refractivity contribution in [3.05, 3.63) is 18.0 Å². The minimum absolute atomic E-state index is 0.483. The zero-order valence-electron chi connectivity index (χ0n) is 9.49. The largest absolute Gasteiger partial charge is 0.478 e. The lowest BCUT2D eigenvalue weighted by molar-refractivity contribution is 0.129. The van der Waals surface area contributed by atoms with E-state index in [1.165, 1.54) is 0 Å². The van der Waals surface area contributed by atoms with Gasteiger partial charge < -0.3 is 14.5 Å². The summed E-state index contributed by atoms with van der Waals surface area (Å²) in [7, 11) is 0. The fourth-order valence-corrected chi connectivity index (χ4v) is 1.42. The second-order valence-electron chi connectivity index (χ2n) is 3.27. The molecule has 5 heteroatoms. The van der Waals surface area contributed by atoms with Crippen LogP contribution in [0.4, 0.5) is 0 Å². The van der Waals surface area contributed by atoms with Crippen LogP contribution in [0.15, 0.2) is 12.1 Å². The summed E-state index contributed by atoms with van der Waals surface area (Å²) < 4.78 is 10.6. The maximum atomic E-state index is 5.31. The van der Waals surface area contributed by atoms with Crippen LogP contribution in [0.1, 0.15) is 19.7 Å². The zero-order valence-corrected chi connectivity index (χ0v) is 9.49. The van der Waals surface area contributed by atoms with Crippen molar-refractivity contribution in [2.45, 2.75) is 20.5 Å². The summed E-state index contributed by atoms with van der Waals surface area (Å²) in [4.78, 5) is 11.7. The summed E-state index contributed by atoms with van der Waals surface area (Å²) in [5, 5.41) is 0. The zero-order chi connectivity index (χ0) is 11.4. The minimum Gasteiger partial charge on any atom is -0.478 e. The molecule has 86 valence electrons. The monoisotopic (exact) mass is 221 g/mol. The molecule has 0 atom stereocenters. The quantitative estimate of drug-likeness (QED) is 0.837. The molecule has 0 unspecified atom stereocenters. The van der Waals surface area contributed by atoms with Crippen LogP contribution in [0.2, 0.25) is 0 Å². The Labute approximate surface area is 93.8 Å². The molecule has 2 aromatic rings. The Hall–Kier alpha value is -1.62. The Balaban J connectivity index is 2.23. The highest BCUT2D eigenvalue weighted by Crippen LogP contribution is 2.14. The number of ether oxygens (including phenoxy) is 2. The van der Waals surface area contributed by atoms with Crippen LogP contribution in [-0.4, -0.2) is 28.2 Å². The Bertz CT molecular complexity index is 467. The number of hydrogen-bond donors (Lipinski definition) is 1. The van der Waals surface area contributed by atoms with E-state index < -0.39 is 0 Å². The van der Waals surface area contributed by atoms with E-state index in [0.717, 1.165) is 11.3 Å². The third-order valence-corrected chi connectivity index (χ3v) is 2.10. The van der Waals surface area contributed by atoms with Crippen LogP contribution in [0, 0.1) is 0 Å². The van der Waals surface area contributed by atoms with E-state index in [1.807, 2.05) is 26.0 Å². The second-order valence-corrected chi connectivity index (χ2v) is 3.27. The first-order chi connectivity index (χ1) is 7.83. The Kier molecular flexibility index (Phi) is 3.36. The molecule has 0 radical (unpaired) electrons. The molecule has 0 aliphatic carbocycles. The number of nitrogens with zero attached hydrogens (tertiary/aromatic N) is 2. The van der Waals surface area contributed by atoms with Crippen LogP contribution >= 0.6 is 0 Å². The maximum absolute atomic E-state index is 5.31. The average Bonchev–Trinajstić information content (AvgIpc) is 2.68. The Morgan fingerprint density at radius 1 is 1.19 bits per heavy atom. The summed E-state index contributed by atoms with van der Waals surface area (Å²) in [6.07, 6.45) is 0. The number of rotatable bonds is 5. The van der Waals surface area contributed by atoms with Gasteiger partial charge in [0.25, 0.3) is 0 Å². The van der Waals surface area contributed by atoms with Gasteiger partial charge in [0.1, 0.15) is 12.4 Å². The predicted molar refractivity (Wildman–Crippen MR) is 60.4 cm³/mol. The van der Waals surface area contributed by atoms with Crippen molar-refractivity contribution in [2.75, 3.05) is 13.2 Å². The molecule has 2 aromatic heterocycles. The second kappa shape index (κ2) is 4.94. The van der Waals surface area contributed by atoms with Crippen molar-refractivity contribution in [2.24, 2.45) is 0 Å². The molecule has 0 bridgehead atoms. The molecule has 0 spiro atoms. The Morgan fingerprint density at radius 3 is 2.81 bits per heavy atom. The highest BCUT2D eigenvalue weighted by Gasteiger charge is 2.05. The summed E-state index contributed by atoms with van der Waals surface area (Å²) in [6.45, 7) is 5.64. The molecule has 0 amide bonds. The van der Waals surface area contributed by atoms with Crippen molar-refractivity contribution >= 4 is 11.2 Å². The van der Waals surface area contributed by atoms with Crippen molar-refractivity contribution in [3.8, 4) is 5.88 Å². The molecule has 5 nitrogen and oxygen atoms in total. The van der Waals surface area contributed by atoms with Crippen LogP contribution in [0.3, 0.4) is 0 Å². The fraction of sp³-hybridized carbons (Fsp3) is 0.455. The predicted octanol–water partition coefficient (Wildman–Crippen LogP) is 1.89. The number of aromatic amines is 1. The van der Waals surface area contributed by atoms with Crippen molar-refractivity contribution in [3.63, 3.8) is 0 Å². The van der Waals surface area contributed by atoms with Crippen molar-refractivity contribution in [1.82, 2.24) is 15.0 Å². The first-order valence-electron chi connectivity index (χ1n) is 5.39. The number of aromatic nitrogens is 3. The molecular weight excluding hydrogens is 206 g/mol. The summed E-state index contributed by atoms with van der Waals surface area (Å²) in [5.74, 6) is 1.39. The Morgan fingerprint density at radius 2 is 2.06 bits per heavy atom. The maximum Gasteiger partial charge on any atom is 0.215 e. The van der Waals surface area contributed by atoms with Gasteiger partial charge in [-0.25, -0.2) is 4.98 Å². The third-order valence-electron chi connectivity index (χ3n) is 2.10. The molecule has 16 heavy (non-hydrogen) atoms. The van der Waals surface area contributed by atoms with Gasteiger partial charge in [-0.3, -0.25) is 0 Å². The number of fused-ring (bicyclic) bond motifs is 1. The molecule has 0 saturated carbocycles. The van der Waals surface area contributed by atoms with Crippen molar-refractivity contribution in [1.29, 1.82) is 0 Å². The molecular formula is C11H15N3O2. The number of imidazole rings is 1. The lowest BCUT2D eigenvalue weighted by Crippen LogP contribution is -1.94. The molecule has 2 rings (SSSR count). The van der Waals surface area contributed by atoms with E-state index in [-0.39, 0.29) is 0 Å². The summed E-state index contributed by atoms with van der Waals surface area (Å²) in [5.41, 5.74) is 1.57. The van der Waals surface area contributed by atoms with Gasteiger partial charge in [0, 0.05) is 12.7 Å². The van der Waals surface area contributed by atoms with E-state index in [1.54, 1.807) is 0 Å². The van der Waals surface area contributed by atoms with Gasteiger partial charge in [-0.05, 0) is 19.9 Å². The van der Waals surface area contributed by atoms with Crippen LogP contribution in [0.25, 0.3) is 11.2 Å². The molecule has 1 N–H and O–H groups in total. The SMILES string of the molecule is CCOCc1nc2nc(OCC)ccc2[nH]1. The van der Waals surface area contributed by atoms with E-state index >= 15 is 0 Å². The van der Waals surface area contributed by atoms with Gasteiger partial charge in [0.2, 0.25) is 5.88 Å². The van der Waals surface area contributed by atoms with Gasteiger partial charge in [-0.1, -0.05) is 0 Å². The van der Waals surface area contributed by atoms with E-state index in [9.17, 15) is 0 Å². The number of hydrogen-bond acceptors (Lipinski definition) is 4. The van der Waals surface area contributed by atoms with Gasteiger partial charge in [0.15, 0.2) is 5.65 Å². The third kappa shape index (κ3) is 2.30. The highest BCUT2D eigenvalue weighted by atomic mass is 16.5. The smallest absolute Gasteiger partial charge is 0.215 e. The number of nitrogens with one attached hydrogen (secondary N) is 1. The molecule has 0 aliphatic heterocycles. The van der Waals surface area contributed by atoms with E-state index in [4.69, 9.17) is 9.47 Å². The van der Waals surface area contributed by atoms with E-state index in [2.05, 4.69) is 15.0 Å². The first kappa shape index (κ1) is 10.9. The van der Waals surface area contributed by atoms with Gasteiger partial charge in [-0.2, -0.15) is 4.98 Å². The summed E-state index contributed by atoms with van der Waals surface area (Å²) >= 11 is 0. The van der Waals surface area contributed by atoms with Crippen LogP contribution in [-0.2, 0) is 11.3 Å². The molecule has 0 fully saturated rings. The number of H-pyrrole nitrogens is 1. The normalized spacial score (nSPS) is 10.9.